The predicted molar refractivity (Wildman–Crippen MR) is 70.7 cm³/mol. The largest absolute Gasteiger partial charge is 0.311 e. The van der Waals surface area contributed by atoms with Gasteiger partial charge in [-0.1, -0.05) is 11.6 Å². The zero-order valence-corrected chi connectivity index (χ0v) is 11.5. The van der Waals surface area contributed by atoms with Crippen LogP contribution in [0.25, 0.3) is 0 Å². The third kappa shape index (κ3) is 4.41. The molecule has 1 unspecified atom stereocenters. The molecule has 1 aliphatic rings. The Morgan fingerprint density at radius 1 is 1.58 bits per heavy atom. The fraction of sp³-hybridized carbons (Fsp3) is 0.500. The molecule has 1 aliphatic heterocycles. The van der Waals surface area contributed by atoms with Gasteiger partial charge in [0.1, 0.15) is 5.15 Å². The summed E-state index contributed by atoms with van der Waals surface area (Å²) in [5, 5.41) is 5.70. The molecule has 1 atom stereocenters. The number of nitrogens with zero attached hydrogens (tertiary/aromatic N) is 2. The summed E-state index contributed by atoms with van der Waals surface area (Å²) in [4.78, 5) is 19.4. The van der Waals surface area contributed by atoms with Gasteiger partial charge in [-0.2, -0.15) is 0 Å². The maximum absolute atomic E-state index is 11.7. The van der Waals surface area contributed by atoms with Gasteiger partial charge in [-0.25, -0.2) is 18.4 Å². The van der Waals surface area contributed by atoms with E-state index in [2.05, 4.69) is 20.6 Å². The number of halogens is 1. The summed E-state index contributed by atoms with van der Waals surface area (Å²) in [6.45, 7) is 0.369. The number of hydrogen-bond donors (Lipinski definition) is 2. The number of amides is 1. The number of carbonyl (C=O) groups is 1. The summed E-state index contributed by atoms with van der Waals surface area (Å²) >= 11 is 5.66. The molecule has 2 N–H and O–H groups in total. The van der Waals surface area contributed by atoms with Crippen LogP contribution in [0.3, 0.4) is 0 Å². The van der Waals surface area contributed by atoms with Gasteiger partial charge < -0.3 is 5.32 Å². The van der Waals surface area contributed by atoms with Crippen LogP contribution in [-0.2, 0) is 14.6 Å². The van der Waals surface area contributed by atoms with Gasteiger partial charge in [0.05, 0.1) is 11.5 Å². The smallest absolute Gasteiger partial charge is 0.230 e. The second-order valence-electron chi connectivity index (χ2n) is 4.22. The van der Waals surface area contributed by atoms with Crippen molar-refractivity contribution in [3.63, 3.8) is 0 Å². The Hall–Kier alpha value is -1.25. The van der Waals surface area contributed by atoms with E-state index >= 15 is 0 Å². The molecule has 1 fully saturated rings. The number of sulfone groups is 1. The molecule has 1 amide bonds. The maximum atomic E-state index is 11.7. The average Bonchev–Trinajstić information content (AvgIpc) is 2.27. The van der Waals surface area contributed by atoms with Gasteiger partial charge in [-0.05, 0) is 6.07 Å². The first-order valence-corrected chi connectivity index (χ1v) is 7.87. The molecule has 104 valence electrons. The second kappa shape index (κ2) is 5.81. The number of aromatic nitrogens is 2. The van der Waals surface area contributed by atoms with Crippen LogP contribution in [0.4, 0.5) is 5.95 Å². The molecule has 1 saturated heterocycles. The van der Waals surface area contributed by atoms with Crippen molar-refractivity contribution in [2.75, 3.05) is 23.4 Å². The van der Waals surface area contributed by atoms with Crippen LogP contribution in [0, 0.1) is 0 Å². The Labute approximate surface area is 115 Å². The highest BCUT2D eigenvalue weighted by Crippen LogP contribution is 2.08. The van der Waals surface area contributed by atoms with E-state index in [1.807, 2.05) is 0 Å². The highest BCUT2D eigenvalue weighted by molar-refractivity contribution is 7.91. The van der Waals surface area contributed by atoms with E-state index < -0.39 is 9.84 Å². The molecule has 0 aliphatic carbocycles. The number of rotatable bonds is 3. The molecule has 9 heteroatoms. The number of nitrogens with one attached hydrogen (secondary N) is 2. The van der Waals surface area contributed by atoms with E-state index in [4.69, 9.17) is 11.6 Å². The van der Waals surface area contributed by atoms with E-state index in [9.17, 15) is 13.2 Å². The van der Waals surface area contributed by atoms with Crippen molar-refractivity contribution in [1.29, 1.82) is 0 Å². The van der Waals surface area contributed by atoms with Gasteiger partial charge in [-0.3, -0.25) is 10.1 Å². The molecule has 2 rings (SSSR count). The lowest BCUT2D eigenvalue weighted by Crippen LogP contribution is -2.46. The lowest BCUT2D eigenvalue weighted by Gasteiger charge is -2.22. The first-order chi connectivity index (χ1) is 8.94. The van der Waals surface area contributed by atoms with Crippen LogP contribution >= 0.6 is 11.6 Å². The Kier molecular flexibility index (Phi) is 4.33. The molecule has 19 heavy (non-hydrogen) atoms. The molecule has 1 aromatic rings. The normalized spacial score (nSPS) is 21.8. The fourth-order valence-electron chi connectivity index (χ4n) is 1.79. The number of anilines is 1. The van der Waals surface area contributed by atoms with Crippen molar-refractivity contribution >= 4 is 33.3 Å². The Bertz CT molecular complexity index is 578. The zero-order valence-electron chi connectivity index (χ0n) is 9.97. The monoisotopic (exact) mass is 304 g/mol. The Morgan fingerprint density at radius 3 is 3.05 bits per heavy atom. The number of carbonyl (C=O) groups excluding carboxylic acids is 1. The van der Waals surface area contributed by atoms with Crippen LogP contribution in [0.2, 0.25) is 5.15 Å². The predicted octanol–water partition coefficient (Wildman–Crippen LogP) is -0.155. The van der Waals surface area contributed by atoms with Gasteiger partial charge in [0.15, 0.2) is 9.84 Å². The lowest BCUT2D eigenvalue weighted by atomic mass is 10.2. The molecule has 0 spiro atoms. The zero-order chi connectivity index (χ0) is 13.9. The molecule has 2 heterocycles. The van der Waals surface area contributed by atoms with Crippen molar-refractivity contribution < 1.29 is 13.2 Å². The topological polar surface area (TPSA) is 101 Å². The van der Waals surface area contributed by atoms with Crippen molar-refractivity contribution in [1.82, 2.24) is 15.3 Å². The Balaban J connectivity index is 1.91. The van der Waals surface area contributed by atoms with Gasteiger partial charge in [0, 0.05) is 25.2 Å². The standard InChI is InChI=1S/C10H13ClN4O3S/c11-8-1-2-13-10(14-8)15-9(16)5-7-6-19(17,18)4-3-12-7/h1-2,7,12H,3-6H2,(H,13,14,15,16). The third-order valence-electron chi connectivity index (χ3n) is 2.61. The summed E-state index contributed by atoms with van der Waals surface area (Å²) in [6, 6.07) is 1.12. The van der Waals surface area contributed by atoms with Crippen molar-refractivity contribution in [3.8, 4) is 0 Å². The molecular weight excluding hydrogens is 292 g/mol. The minimum atomic E-state index is -3.05. The van der Waals surface area contributed by atoms with Crippen LogP contribution in [-0.4, -0.2) is 48.4 Å². The van der Waals surface area contributed by atoms with E-state index in [1.54, 1.807) is 0 Å². The molecule has 7 nitrogen and oxygen atoms in total. The summed E-state index contributed by atoms with van der Waals surface area (Å²) in [5.74, 6) is -0.160. The fourth-order valence-corrected chi connectivity index (χ4v) is 3.38. The maximum Gasteiger partial charge on any atom is 0.230 e. The van der Waals surface area contributed by atoms with E-state index in [0.717, 1.165) is 0 Å². The summed E-state index contributed by atoms with van der Waals surface area (Å²) < 4.78 is 22.9. The van der Waals surface area contributed by atoms with E-state index in [0.29, 0.717) is 6.54 Å². The molecule has 1 aromatic heterocycles. The SMILES string of the molecule is O=C(CC1CS(=O)(=O)CCN1)Nc1nccc(Cl)n1. The van der Waals surface area contributed by atoms with Gasteiger partial charge in [0.25, 0.3) is 0 Å². The molecular formula is C10H13ClN4O3S. The van der Waals surface area contributed by atoms with Gasteiger partial charge in [-0.15, -0.1) is 0 Å². The lowest BCUT2D eigenvalue weighted by molar-refractivity contribution is -0.116. The highest BCUT2D eigenvalue weighted by atomic mass is 35.5. The average molecular weight is 305 g/mol. The Morgan fingerprint density at radius 2 is 2.37 bits per heavy atom. The van der Waals surface area contributed by atoms with E-state index in [-0.39, 0.29) is 41.0 Å². The third-order valence-corrected chi connectivity index (χ3v) is 4.55. The van der Waals surface area contributed by atoms with Crippen molar-refractivity contribution in [2.24, 2.45) is 0 Å². The minimum absolute atomic E-state index is 0.0309. The number of hydrogen-bond acceptors (Lipinski definition) is 6. The first-order valence-electron chi connectivity index (χ1n) is 5.67. The van der Waals surface area contributed by atoms with Crippen LogP contribution in [0.1, 0.15) is 6.42 Å². The molecule has 0 aromatic carbocycles. The van der Waals surface area contributed by atoms with Crippen molar-refractivity contribution in [2.45, 2.75) is 12.5 Å². The second-order valence-corrected chi connectivity index (χ2v) is 6.84. The summed E-state index contributed by atoms with van der Waals surface area (Å²) in [7, 11) is -3.05. The molecule has 0 radical (unpaired) electrons. The van der Waals surface area contributed by atoms with Crippen LogP contribution in [0.5, 0.6) is 0 Å². The quantitative estimate of drug-likeness (QED) is 0.753. The van der Waals surface area contributed by atoms with Gasteiger partial charge >= 0.3 is 0 Å². The molecule has 0 saturated carbocycles. The summed E-state index contributed by atoms with van der Waals surface area (Å²) in [6.07, 6.45) is 1.48. The minimum Gasteiger partial charge on any atom is -0.311 e. The summed E-state index contributed by atoms with van der Waals surface area (Å²) in [5.41, 5.74) is 0. The highest BCUT2D eigenvalue weighted by Gasteiger charge is 2.26. The first kappa shape index (κ1) is 14.2. The van der Waals surface area contributed by atoms with Gasteiger partial charge in [0.2, 0.25) is 11.9 Å². The molecule has 0 bridgehead atoms. The van der Waals surface area contributed by atoms with E-state index in [1.165, 1.54) is 12.3 Å². The van der Waals surface area contributed by atoms with Crippen molar-refractivity contribution in [3.05, 3.63) is 17.4 Å². The van der Waals surface area contributed by atoms with Crippen LogP contribution in [0.15, 0.2) is 12.3 Å². The van der Waals surface area contributed by atoms with Crippen LogP contribution < -0.4 is 10.6 Å².